The summed E-state index contributed by atoms with van der Waals surface area (Å²) >= 11 is 0. The van der Waals surface area contributed by atoms with Crippen LogP contribution in [-0.2, 0) is 0 Å². The van der Waals surface area contributed by atoms with Crippen LogP contribution < -0.4 is 11.1 Å². The fraction of sp³-hybridized carbons (Fsp3) is 0.250. The molecule has 35 heavy (non-hydrogen) atoms. The van der Waals surface area contributed by atoms with Gasteiger partial charge in [0, 0.05) is 41.5 Å². The Morgan fingerprint density at radius 2 is 2.03 bits per heavy atom. The predicted octanol–water partition coefficient (Wildman–Crippen LogP) is 4.79. The maximum absolute atomic E-state index is 13.0. The van der Waals surface area contributed by atoms with E-state index in [1.165, 1.54) is 11.2 Å². The molecule has 0 aliphatic carbocycles. The van der Waals surface area contributed by atoms with Crippen molar-refractivity contribution in [2.45, 2.75) is 19.5 Å². The van der Waals surface area contributed by atoms with E-state index in [-0.39, 0.29) is 19.5 Å². The molecule has 1 atom stereocenters. The van der Waals surface area contributed by atoms with Crippen molar-refractivity contribution < 1.29 is 18.0 Å². The molecule has 3 heterocycles. The lowest BCUT2D eigenvalue weighted by molar-refractivity contribution is -0.169. The molecule has 1 saturated heterocycles. The summed E-state index contributed by atoms with van der Waals surface area (Å²) in [5.41, 5.74) is 10.4. The average molecular weight is 481 g/mol. The Labute approximate surface area is 198 Å². The highest BCUT2D eigenvalue weighted by molar-refractivity contribution is 5.98. The summed E-state index contributed by atoms with van der Waals surface area (Å²) in [5.74, 6) is -1.10. The molecule has 180 valence electrons. The quantitative estimate of drug-likeness (QED) is 0.438. The monoisotopic (exact) mass is 481 g/mol. The number of hydrogen-bond donors (Lipinski definition) is 2. The zero-order valence-corrected chi connectivity index (χ0v) is 18.8. The van der Waals surface area contributed by atoms with Gasteiger partial charge in [-0.2, -0.15) is 18.3 Å². The van der Waals surface area contributed by atoms with Gasteiger partial charge in [0.05, 0.1) is 23.3 Å². The van der Waals surface area contributed by atoms with Crippen LogP contribution in [0.4, 0.5) is 29.5 Å². The number of alkyl halides is 3. The topological polar surface area (TPSA) is 102 Å². The van der Waals surface area contributed by atoms with Crippen LogP contribution in [0.25, 0.3) is 27.7 Å². The molecule has 2 amide bonds. The van der Waals surface area contributed by atoms with Gasteiger partial charge in [-0.25, -0.2) is 19.4 Å². The second kappa shape index (κ2) is 8.57. The number of nitrogens with zero attached hydrogens (tertiary/aromatic N) is 5. The molecule has 0 saturated carbocycles. The molecule has 4 aromatic rings. The number of amides is 2. The second-order valence-corrected chi connectivity index (χ2v) is 8.54. The highest BCUT2D eigenvalue weighted by Crippen LogP contribution is 2.34. The van der Waals surface area contributed by atoms with E-state index in [9.17, 15) is 18.0 Å². The van der Waals surface area contributed by atoms with Gasteiger partial charge in [-0.3, -0.25) is 0 Å². The fourth-order valence-corrected chi connectivity index (χ4v) is 4.28. The molecule has 0 radical (unpaired) electrons. The van der Waals surface area contributed by atoms with Gasteiger partial charge in [0.15, 0.2) is 0 Å². The fourth-order valence-electron chi connectivity index (χ4n) is 4.28. The Balaban J connectivity index is 1.39. The first-order valence-electron chi connectivity index (χ1n) is 11.0. The lowest BCUT2D eigenvalue weighted by atomic mass is 10.1. The van der Waals surface area contributed by atoms with Gasteiger partial charge >= 0.3 is 12.2 Å². The number of halogens is 3. The molecule has 1 unspecified atom stereocenters. The van der Waals surface area contributed by atoms with E-state index in [1.54, 1.807) is 23.0 Å². The maximum atomic E-state index is 13.0. The van der Waals surface area contributed by atoms with Gasteiger partial charge < -0.3 is 16.0 Å². The Kier molecular flexibility index (Phi) is 5.54. The number of carbonyl (C=O) groups is 1. The molecule has 3 N–H and O–H groups in total. The van der Waals surface area contributed by atoms with Crippen molar-refractivity contribution in [1.82, 2.24) is 24.6 Å². The van der Waals surface area contributed by atoms with E-state index in [0.717, 1.165) is 27.8 Å². The normalized spacial score (nSPS) is 16.1. The molecular formula is C24H22F3N7O. The number of benzene rings is 2. The number of likely N-dealkylation sites (tertiary alicyclic amines) is 1. The standard InChI is InChI=1S/C24H22F3N7O/c1-14-5-6-17(32-23(35)33-8-7-16(12-33)24(25,26)27)9-20(14)34-11-15(10-31-34)18-3-2-4-19-21(18)29-13-30-22(19)28/h2-6,9-11,13,16H,7-8,12H2,1H3,(H,32,35)(H2,28,29,30). The van der Waals surface area contributed by atoms with Gasteiger partial charge in [-0.1, -0.05) is 18.2 Å². The van der Waals surface area contributed by atoms with Gasteiger partial charge in [0.1, 0.15) is 12.1 Å². The summed E-state index contributed by atoms with van der Waals surface area (Å²) < 4.78 is 40.6. The van der Waals surface area contributed by atoms with Crippen LogP contribution >= 0.6 is 0 Å². The molecule has 5 rings (SSSR count). The number of nitrogens with two attached hydrogens (primary N) is 1. The number of urea groups is 1. The SMILES string of the molecule is Cc1ccc(NC(=O)N2CCC(C(F)(F)F)C2)cc1-n1cc(-c2cccc3c(N)ncnc23)cn1. The first kappa shape index (κ1) is 22.6. The van der Waals surface area contributed by atoms with Gasteiger partial charge in [0.25, 0.3) is 0 Å². The molecule has 0 spiro atoms. The van der Waals surface area contributed by atoms with Crippen molar-refractivity contribution in [3.8, 4) is 16.8 Å². The molecule has 1 aliphatic rings. The molecular weight excluding hydrogens is 459 g/mol. The third kappa shape index (κ3) is 4.36. The Hall–Kier alpha value is -4.15. The van der Waals surface area contributed by atoms with Crippen LogP contribution in [0.15, 0.2) is 55.1 Å². The summed E-state index contributed by atoms with van der Waals surface area (Å²) in [7, 11) is 0. The number of aryl methyl sites for hydroxylation is 1. The summed E-state index contributed by atoms with van der Waals surface area (Å²) in [5, 5.41) is 7.94. The van der Waals surface area contributed by atoms with E-state index in [0.29, 0.717) is 17.0 Å². The van der Waals surface area contributed by atoms with E-state index in [4.69, 9.17) is 5.73 Å². The van der Waals surface area contributed by atoms with Crippen LogP contribution in [-0.4, -0.2) is 49.9 Å². The number of nitrogen functional groups attached to an aromatic ring is 1. The first-order chi connectivity index (χ1) is 16.7. The largest absolute Gasteiger partial charge is 0.393 e. The van der Waals surface area contributed by atoms with Crippen molar-refractivity contribution in [2.24, 2.45) is 5.92 Å². The molecule has 2 aromatic carbocycles. The number of carbonyl (C=O) groups excluding carboxylic acids is 1. The van der Waals surface area contributed by atoms with Crippen LogP contribution in [0.3, 0.4) is 0 Å². The third-order valence-electron chi connectivity index (χ3n) is 6.23. The van der Waals surface area contributed by atoms with Crippen LogP contribution in [0.5, 0.6) is 0 Å². The number of anilines is 2. The molecule has 0 bridgehead atoms. The van der Waals surface area contributed by atoms with E-state index < -0.39 is 18.1 Å². The molecule has 11 heteroatoms. The first-order valence-corrected chi connectivity index (χ1v) is 11.0. The highest BCUT2D eigenvalue weighted by Gasteiger charge is 2.44. The number of nitrogens with one attached hydrogen (secondary N) is 1. The van der Waals surface area contributed by atoms with Crippen molar-refractivity contribution in [3.63, 3.8) is 0 Å². The summed E-state index contributed by atoms with van der Waals surface area (Å²) in [6.45, 7) is 1.63. The predicted molar refractivity (Wildman–Crippen MR) is 126 cm³/mol. The summed E-state index contributed by atoms with van der Waals surface area (Å²) in [6, 6.07) is 10.4. The minimum Gasteiger partial charge on any atom is -0.383 e. The van der Waals surface area contributed by atoms with Crippen LogP contribution in [0.2, 0.25) is 0 Å². The van der Waals surface area contributed by atoms with Crippen molar-refractivity contribution in [1.29, 1.82) is 0 Å². The number of rotatable bonds is 3. The van der Waals surface area contributed by atoms with Crippen LogP contribution in [0, 0.1) is 12.8 Å². The Morgan fingerprint density at radius 1 is 1.20 bits per heavy atom. The van der Waals surface area contributed by atoms with Crippen molar-refractivity contribution >= 4 is 28.4 Å². The third-order valence-corrected chi connectivity index (χ3v) is 6.23. The molecule has 2 aromatic heterocycles. The Morgan fingerprint density at radius 3 is 2.80 bits per heavy atom. The highest BCUT2D eigenvalue weighted by atomic mass is 19.4. The zero-order valence-electron chi connectivity index (χ0n) is 18.8. The van der Waals surface area contributed by atoms with E-state index >= 15 is 0 Å². The maximum Gasteiger partial charge on any atom is 0.393 e. The smallest absolute Gasteiger partial charge is 0.383 e. The van der Waals surface area contributed by atoms with Gasteiger partial charge in [0.2, 0.25) is 0 Å². The lowest BCUT2D eigenvalue weighted by Crippen LogP contribution is -2.35. The average Bonchev–Trinajstić information content (AvgIpc) is 3.51. The minimum atomic E-state index is -4.30. The van der Waals surface area contributed by atoms with Gasteiger partial charge in [-0.05, 0) is 37.1 Å². The van der Waals surface area contributed by atoms with E-state index in [1.807, 2.05) is 37.4 Å². The second-order valence-electron chi connectivity index (χ2n) is 8.54. The summed E-state index contributed by atoms with van der Waals surface area (Å²) in [6.07, 6.45) is 0.580. The number of aromatic nitrogens is 4. The van der Waals surface area contributed by atoms with Gasteiger partial charge in [-0.15, -0.1) is 0 Å². The molecule has 1 fully saturated rings. The summed E-state index contributed by atoms with van der Waals surface area (Å²) in [4.78, 5) is 22.2. The number of para-hydroxylation sites is 1. The number of fused-ring (bicyclic) bond motifs is 1. The molecule has 8 nitrogen and oxygen atoms in total. The van der Waals surface area contributed by atoms with Crippen molar-refractivity contribution in [2.75, 3.05) is 24.1 Å². The number of hydrogen-bond acceptors (Lipinski definition) is 5. The van der Waals surface area contributed by atoms with E-state index in [2.05, 4.69) is 20.4 Å². The lowest BCUT2D eigenvalue weighted by Gasteiger charge is -2.19. The van der Waals surface area contributed by atoms with Crippen molar-refractivity contribution in [3.05, 3.63) is 60.7 Å². The Bertz CT molecular complexity index is 1420. The molecule has 1 aliphatic heterocycles. The minimum absolute atomic E-state index is 0.0658. The zero-order chi connectivity index (χ0) is 24.7. The van der Waals surface area contributed by atoms with Crippen LogP contribution in [0.1, 0.15) is 12.0 Å².